The zero-order valence-corrected chi connectivity index (χ0v) is 11.5. The summed E-state index contributed by atoms with van der Waals surface area (Å²) in [4.78, 5) is 8.06. The number of rotatable bonds is 4. The summed E-state index contributed by atoms with van der Waals surface area (Å²) in [6, 6.07) is 8.18. The molecule has 0 radical (unpaired) electrons. The third kappa shape index (κ3) is 2.65. The largest absolute Gasteiger partial charge is 0.481 e. The number of aliphatic hydroxyl groups excluding tert-OH is 1. The summed E-state index contributed by atoms with van der Waals surface area (Å²) < 4.78 is 5.05. The predicted molar refractivity (Wildman–Crippen MR) is 75.7 cm³/mol. The maximum Gasteiger partial charge on any atom is 0.216 e. The third-order valence-corrected chi connectivity index (χ3v) is 3.81. The van der Waals surface area contributed by atoms with Crippen molar-refractivity contribution in [3.05, 3.63) is 53.0 Å². The molecule has 3 rings (SSSR count). The molecule has 1 aliphatic carbocycles. The van der Waals surface area contributed by atoms with E-state index in [0.29, 0.717) is 18.0 Å². The van der Waals surface area contributed by atoms with Gasteiger partial charge in [0.25, 0.3) is 0 Å². The Morgan fingerprint density at radius 1 is 1.20 bits per heavy atom. The van der Waals surface area contributed by atoms with Crippen molar-refractivity contribution in [2.75, 3.05) is 7.11 Å². The molecule has 0 fully saturated rings. The first-order chi connectivity index (χ1) is 9.76. The number of methoxy groups -OCH3 is 1. The second-order valence-electron chi connectivity index (χ2n) is 5.16. The first-order valence-electron chi connectivity index (χ1n) is 6.91. The number of hydrogen-bond donors (Lipinski definition) is 1. The zero-order chi connectivity index (χ0) is 13.9. The number of aliphatic hydroxyl groups is 1. The summed E-state index contributed by atoms with van der Waals surface area (Å²) in [5.74, 6) is 0.475. The Balaban J connectivity index is 1.76. The van der Waals surface area contributed by atoms with Crippen LogP contribution < -0.4 is 4.74 Å². The van der Waals surface area contributed by atoms with Gasteiger partial charge in [-0.05, 0) is 36.0 Å². The van der Waals surface area contributed by atoms with Crippen molar-refractivity contribution in [3.8, 4) is 5.88 Å². The standard InChI is InChI=1S/C16H18N2O2/c1-20-16-9-14(17-10-18-16)15(19)8-11-5-6-12-3-2-4-13(12)7-11/h5-7,9-10,15,19H,2-4,8H2,1H3. The van der Waals surface area contributed by atoms with Crippen LogP contribution in [-0.2, 0) is 19.3 Å². The zero-order valence-electron chi connectivity index (χ0n) is 11.5. The molecule has 0 saturated heterocycles. The first-order valence-corrected chi connectivity index (χ1v) is 6.91. The topological polar surface area (TPSA) is 55.2 Å². The van der Waals surface area contributed by atoms with Crippen LogP contribution in [0, 0.1) is 0 Å². The van der Waals surface area contributed by atoms with E-state index in [0.717, 1.165) is 12.0 Å². The minimum Gasteiger partial charge on any atom is -0.481 e. The van der Waals surface area contributed by atoms with Crippen molar-refractivity contribution in [2.45, 2.75) is 31.8 Å². The van der Waals surface area contributed by atoms with Crippen LogP contribution in [0.25, 0.3) is 0 Å². The van der Waals surface area contributed by atoms with Crippen LogP contribution in [0.1, 0.15) is 34.9 Å². The van der Waals surface area contributed by atoms with Gasteiger partial charge in [0.2, 0.25) is 5.88 Å². The fourth-order valence-electron chi connectivity index (χ4n) is 2.73. The fourth-order valence-corrected chi connectivity index (χ4v) is 2.73. The maximum absolute atomic E-state index is 10.3. The van der Waals surface area contributed by atoms with Crippen molar-refractivity contribution >= 4 is 0 Å². The summed E-state index contributed by atoms with van der Waals surface area (Å²) >= 11 is 0. The van der Waals surface area contributed by atoms with Crippen LogP contribution in [0.3, 0.4) is 0 Å². The minimum atomic E-state index is -0.633. The molecule has 1 unspecified atom stereocenters. The molecule has 104 valence electrons. The molecule has 0 aliphatic heterocycles. The lowest BCUT2D eigenvalue weighted by Crippen LogP contribution is -2.05. The normalized spacial score (nSPS) is 14.9. The maximum atomic E-state index is 10.3. The van der Waals surface area contributed by atoms with E-state index in [1.807, 2.05) is 0 Å². The molecule has 1 heterocycles. The number of nitrogens with zero attached hydrogens (tertiary/aromatic N) is 2. The Morgan fingerprint density at radius 3 is 2.90 bits per heavy atom. The second-order valence-corrected chi connectivity index (χ2v) is 5.16. The number of ether oxygens (including phenoxy) is 1. The van der Waals surface area contributed by atoms with Gasteiger partial charge in [0.1, 0.15) is 12.4 Å². The average Bonchev–Trinajstić information content (AvgIpc) is 2.95. The van der Waals surface area contributed by atoms with Gasteiger partial charge in [0, 0.05) is 12.5 Å². The van der Waals surface area contributed by atoms with E-state index in [1.165, 1.54) is 30.3 Å². The van der Waals surface area contributed by atoms with Crippen LogP contribution in [0.2, 0.25) is 0 Å². The van der Waals surface area contributed by atoms with Crippen molar-refractivity contribution in [2.24, 2.45) is 0 Å². The highest BCUT2D eigenvalue weighted by Crippen LogP contribution is 2.25. The van der Waals surface area contributed by atoms with E-state index in [9.17, 15) is 5.11 Å². The summed E-state index contributed by atoms with van der Waals surface area (Å²) in [5.41, 5.74) is 4.62. The minimum absolute atomic E-state index is 0.475. The Bertz CT molecular complexity index is 613. The lowest BCUT2D eigenvalue weighted by Gasteiger charge is -2.12. The predicted octanol–water partition coefficient (Wildman–Crippen LogP) is 2.25. The molecule has 0 saturated carbocycles. The first kappa shape index (κ1) is 13.1. The molecule has 4 nitrogen and oxygen atoms in total. The van der Waals surface area contributed by atoms with E-state index < -0.39 is 6.10 Å². The molecule has 4 heteroatoms. The van der Waals surface area contributed by atoms with E-state index in [2.05, 4.69) is 28.2 Å². The van der Waals surface area contributed by atoms with Crippen LogP contribution in [0.4, 0.5) is 0 Å². The van der Waals surface area contributed by atoms with E-state index >= 15 is 0 Å². The van der Waals surface area contributed by atoms with E-state index in [-0.39, 0.29) is 0 Å². The molecular weight excluding hydrogens is 252 g/mol. The van der Waals surface area contributed by atoms with Gasteiger partial charge in [-0.1, -0.05) is 18.2 Å². The van der Waals surface area contributed by atoms with E-state index in [4.69, 9.17) is 4.74 Å². The monoisotopic (exact) mass is 270 g/mol. The van der Waals surface area contributed by atoms with Gasteiger partial charge < -0.3 is 9.84 Å². The second kappa shape index (κ2) is 5.59. The van der Waals surface area contributed by atoms with Gasteiger partial charge in [0.15, 0.2) is 0 Å². The van der Waals surface area contributed by atoms with Gasteiger partial charge in [-0.2, -0.15) is 0 Å². The van der Waals surface area contributed by atoms with Gasteiger partial charge in [0.05, 0.1) is 12.8 Å². The SMILES string of the molecule is COc1cc(C(O)Cc2ccc3c(c2)CCC3)ncn1. The third-order valence-electron chi connectivity index (χ3n) is 3.81. The van der Waals surface area contributed by atoms with Crippen molar-refractivity contribution in [1.82, 2.24) is 9.97 Å². The summed E-state index contributed by atoms with van der Waals surface area (Å²) in [6.07, 6.45) is 4.92. The highest BCUT2D eigenvalue weighted by molar-refractivity contribution is 5.35. The molecule has 1 aromatic heterocycles. The number of aryl methyl sites for hydroxylation is 2. The van der Waals surface area contributed by atoms with Gasteiger partial charge in [-0.15, -0.1) is 0 Å². The smallest absolute Gasteiger partial charge is 0.216 e. The Kier molecular flexibility index (Phi) is 3.65. The number of hydrogen-bond acceptors (Lipinski definition) is 4. The fraction of sp³-hybridized carbons (Fsp3) is 0.375. The molecule has 1 atom stereocenters. The highest BCUT2D eigenvalue weighted by atomic mass is 16.5. The van der Waals surface area contributed by atoms with Crippen LogP contribution in [0.5, 0.6) is 5.88 Å². The molecule has 20 heavy (non-hydrogen) atoms. The van der Waals surface area contributed by atoms with Crippen LogP contribution in [0.15, 0.2) is 30.6 Å². The molecule has 1 aliphatic rings. The quantitative estimate of drug-likeness (QED) is 0.925. The Morgan fingerprint density at radius 2 is 2.05 bits per heavy atom. The molecule has 1 N–H and O–H groups in total. The molecule has 0 amide bonds. The molecule has 2 aromatic rings. The molecule has 0 spiro atoms. The lowest BCUT2D eigenvalue weighted by molar-refractivity contribution is 0.172. The summed E-state index contributed by atoms with van der Waals surface area (Å²) in [6.45, 7) is 0. The van der Waals surface area contributed by atoms with Gasteiger partial charge >= 0.3 is 0 Å². The number of aromatic nitrogens is 2. The Labute approximate surface area is 118 Å². The Hall–Kier alpha value is -1.94. The molecular formula is C16H18N2O2. The van der Waals surface area contributed by atoms with Gasteiger partial charge in [-0.25, -0.2) is 9.97 Å². The average molecular weight is 270 g/mol. The van der Waals surface area contributed by atoms with Crippen molar-refractivity contribution < 1.29 is 9.84 Å². The lowest BCUT2D eigenvalue weighted by atomic mass is 10.0. The van der Waals surface area contributed by atoms with Gasteiger partial charge in [-0.3, -0.25) is 0 Å². The van der Waals surface area contributed by atoms with E-state index in [1.54, 1.807) is 13.2 Å². The number of benzene rings is 1. The highest BCUT2D eigenvalue weighted by Gasteiger charge is 2.15. The summed E-state index contributed by atoms with van der Waals surface area (Å²) in [7, 11) is 1.55. The van der Waals surface area contributed by atoms with Crippen LogP contribution in [-0.4, -0.2) is 22.2 Å². The van der Waals surface area contributed by atoms with Crippen molar-refractivity contribution in [3.63, 3.8) is 0 Å². The van der Waals surface area contributed by atoms with Crippen LogP contribution >= 0.6 is 0 Å². The summed E-state index contributed by atoms with van der Waals surface area (Å²) in [5, 5.41) is 10.3. The molecule has 1 aromatic carbocycles. The molecule has 0 bridgehead atoms. The number of fused-ring (bicyclic) bond motifs is 1. The van der Waals surface area contributed by atoms with Crippen molar-refractivity contribution in [1.29, 1.82) is 0 Å².